The molecule has 0 aliphatic carbocycles. The van der Waals surface area contributed by atoms with E-state index in [-0.39, 0.29) is 27.3 Å². The molecule has 1 aliphatic rings. The van der Waals surface area contributed by atoms with Gasteiger partial charge >= 0.3 is 0 Å². The standard InChI is InChI=1S/C24H17ClFNO4S/c1-30-20-11-10-15(12-21(20)31-14-17-18(25)8-5-9-19(17)26)13-22-23(28)27(24(29)32-22)16-6-3-2-4-7-16/h2-13H,14H2,1H3. The van der Waals surface area contributed by atoms with Gasteiger partial charge in [0.15, 0.2) is 11.5 Å². The summed E-state index contributed by atoms with van der Waals surface area (Å²) in [6.07, 6.45) is 1.61. The highest BCUT2D eigenvalue weighted by molar-refractivity contribution is 8.19. The molecule has 3 aromatic rings. The van der Waals surface area contributed by atoms with Crippen molar-refractivity contribution in [3.8, 4) is 11.5 Å². The fourth-order valence-electron chi connectivity index (χ4n) is 3.13. The van der Waals surface area contributed by atoms with Crippen LogP contribution < -0.4 is 14.4 Å². The molecule has 0 spiro atoms. The lowest BCUT2D eigenvalue weighted by atomic mass is 10.1. The normalized spacial score (nSPS) is 14.8. The molecular weight excluding hydrogens is 453 g/mol. The van der Waals surface area contributed by atoms with Gasteiger partial charge in [-0.1, -0.05) is 41.9 Å². The Balaban J connectivity index is 1.59. The predicted octanol–water partition coefficient (Wildman–Crippen LogP) is 6.31. The molecule has 0 unspecified atom stereocenters. The molecule has 162 valence electrons. The number of halogens is 2. The molecule has 0 bridgehead atoms. The predicted molar refractivity (Wildman–Crippen MR) is 124 cm³/mol. The van der Waals surface area contributed by atoms with E-state index < -0.39 is 11.7 Å². The summed E-state index contributed by atoms with van der Waals surface area (Å²) in [6, 6.07) is 18.2. The molecule has 0 aromatic heterocycles. The minimum Gasteiger partial charge on any atom is -0.493 e. The van der Waals surface area contributed by atoms with Crippen LogP contribution in [0.15, 0.2) is 71.6 Å². The molecule has 8 heteroatoms. The zero-order chi connectivity index (χ0) is 22.7. The number of hydrogen-bond acceptors (Lipinski definition) is 5. The third kappa shape index (κ3) is 4.49. The number of benzene rings is 3. The van der Waals surface area contributed by atoms with Gasteiger partial charge in [-0.2, -0.15) is 0 Å². The van der Waals surface area contributed by atoms with Crippen molar-refractivity contribution >= 4 is 46.3 Å². The number of nitrogens with zero attached hydrogens (tertiary/aromatic N) is 1. The van der Waals surface area contributed by atoms with Crippen LogP contribution in [0, 0.1) is 5.82 Å². The number of para-hydroxylation sites is 1. The van der Waals surface area contributed by atoms with E-state index in [2.05, 4.69) is 0 Å². The van der Waals surface area contributed by atoms with Crippen molar-refractivity contribution in [2.45, 2.75) is 6.61 Å². The lowest BCUT2D eigenvalue weighted by Gasteiger charge is -2.13. The first kappa shape index (κ1) is 21.9. The molecule has 4 rings (SSSR count). The average molecular weight is 470 g/mol. The van der Waals surface area contributed by atoms with Gasteiger partial charge in [0.05, 0.1) is 22.7 Å². The first-order chi connectivity index (χ1) is 15.5. The van der Waals surface area contributed by atoms with Crippen molar-refractivity contribution in [2.24, 2.45) is 0 Å². The number of amides is 2. The van der Waals surface area contributed by atoms with Crippen LogP contribution in [0.5, 0.6) is 11.5 Å². The summed E-state index contributed by atoms with van der Waals surface area (Å²) in [5, 5.41) is -0.110. The lowest BCUT2D eigenvalue weighted by molar-refractivity contribution is -0.113. The van der Waals surface area contributed by atoms with Crippen LogP contribution in [0.1, 0.15) is 11.1 Å². The van der Waals surface area contributed by atoms with Gasteiger partial charge in [0.1, 0.15) is 12.4 Å². The summed E-state index contributed by atoms with van der Waals surface area (Å²) in [7, 11) is 1.49. The number of hydrogen-bond donors (Lipinski definition) is 0. The van der Waals surface area contributed by atoms with Gasteiger partial charge < -0.3 is 9.47 Å². The van der Waals surface area contributed by atoms with Gasteiger partial charge in [-0.25, -0.2) is 9.29 Å². The number of rotatable bonds is 6. The van der Waals surface area contributed by atoms with Crippen molar-refractivity contribution in [2.75, 3.05) is 12.0 Å². The molecule has 5 nitrogen and oxygen atoms in total. The Labute approximate surface area is 193 Å². The minimum atomic E-state index is -0.470. The fourth-order valence-corrected chi connectivity index (χ4v) is 4.19. The van der Waals surface area contributed by atoms with Gasteiger partial charge in [0.2, 0.25) is 0 Å². The SMILES string of the molecule is COc1ccc(C=C2SC(=O)N(c3ccccc3)C2=O)cc1OCc1c(F)cccc1Cl. The van der Waals surface area contributed by atoms with Crippen molar-refractivity contribution in [3.05, 3.63) is 93.6 Å². The number of ether oxygens (including phenoxy) is 2. The minimum absolute atomic E-state index is 0.101. The summed E-state index contributed by atoms with van der Waals surface area (Å²) in [5.74, 6) is -0.0836. The maximum atomic E-state index is 14.1. The number of thioether (sulfide) groups is 1. The Bertz CT molecular complexity index is 1200. The smallest absolute Gasteiger partial charge is 0.298 e. The molecule has 0 saturated carbocycles. The van der Waals surface area contributed by atoms with E-state index in [1.165, 1.54) is 19.2 Å². The number of anilines is 1. The summed E-state index contributed by atoms with van der Waals surface area (Å²) in [4.78, 5) is 26.6. The molecule has 0 N–H and O–H groups in total. The van der Waals surface area contributed by atoms with E-state index in [4.69, 9.17) is 21.1 Å². The molecule has 1 saturated heterocycles. The maximum Gasteiger partial charge on any atom is 0.298 e. The first-order valence-electron chi connectivity index (χ1n) is 9.54. The topological polar surface area (TPSA) is 55.8 Å². The highest BCUT2D eigenvalue weighted by Gasteiger charge is 2.36. The highest BCUT2D eigenvalue weighted by Crippen LogP contribution is 2.37. The summed E-state index contributed by atoms with van der Waals surface area (Å²) in [5.41, 5.74) is 1.36. The Morgan fingerprint density at radius 2 is 1.81 bits per heavy atom. The Hall–Kier alpha value is -3.29. The van der Waals surface area contributed by atoms with E-state index in [1.807, 2.05) is 6.07 Å². The maximum absolute atomic E-state index is 14.1. The fraction of sp³-hybridized carbons (Fsp3) is 0.0833. The number of methoxy groups -OCH3 is 1. The van der Waals surface area contributed by atoms with Crippen molar-refractivity contribution in [1.82, 2.24) is 0 Å². The van der Waals surface area contributed by atoms with Crippen LogP contribution in [-0.4, -0.2) is 18.3 Å². The van der Waals surface area contributed by atoms with E-state index >= 15 is 0 Å². The molecule has 1 aliphatic heterocycles. The van der Waals surface area contributed by atoms with Crippen LogP contribution in [0.25, 0.3) is 6.08 Å². The largest absolute Gasteiger partial charge is 0.493 e. The molecule has 0 radical (unpaired) electrons. The molecule has 0 atom stereocenters. The Morgan fingerprint density at radius 3 is 2.53 bits per heavy atom. The second-order valence-electron chi connectivity index (χ2n) is 6.75. The van der Waals surface area contributed by atoms with Crippen molar-refractivity contribution in [1.29, 1.82) is 0 Å². The third-order valence-corrected chi connectivity index (χ3v) is 5.95. The second kappa shape index (κ2) is 9.46. The van der Waals surface area contributed by atoms with Crippen LogP contribution >= 0.6 is 23.4 Å². The third-order valence-electron chi connectivity index (χ3n) is 4.73. The van der Waals surface area contributed by atoms with E-state index in [9.17, 15) is 14.0 Å². The highest BCUT2D eigenvalue weighted by atomic mass is 35.5. The van der Waals surface area contributed by atoms with Gasteiger partial charge in [-0.15, -0.1) is 0 Å². The zero-order valence-electron chi connectivity index (χ0n) is 16.9. The lowest BCUT2D eigenvalue weighted by Crippen LogP contribution is -2.27. The van der Waals surface area contributed by atoms with E-state index in [0.29, 0.717) is 22.7 Å². The van der Waals surface area contributed by atoms with Crippen LogP contribution in [-0.2, 0) is 11.4 Å². The number of carbonyl (C=O) groups excluding carboxylic acids is 2. The molecule has 1 fully saturated rings. The number of carbonyl (C=O) groups is 2. The van der Waals surface area contributed by atoms with Crippen LogP contribution in [0.4, 0.5) is 14.9 Å². The monoisotopic (exact) mass is 469 g/mol. The van der Waals surface area contributed by atoms with E-state index in [0.717, 1.165) is 16.7 Å². The second-order valence-corrected chi connectivity index (χ2v) is 8.15. The molecule has 1 heterocycles. The van der Waals surface area contributed by atoms with Gasteiger partial charge in [-0.05, 0) is 59.8 Å². The van der Waals surface area contributed by atoms with Gasteiger partial charge in [-0.3, -0.25) is 9.59 Å². The number of imide groups is 1. The van der Waals surface area contributed by atoms with Crippen molar-refractivity contribution in [3.63, 3.8) is 0 Å². The molecule has 32 heavy (non-hydrogen) atoms. The Kier molecular flexibility index (Phi) is 6.48. The summed E-state index contributed by atoms with van der Waals surface area (Å²) >= 11 is 6.93. The van der Waals surface area contributed by atoms with Gasteiger partial charge in [0.25, 0.3) is 11.1 Å². The van der Waals surface area contributed by atoms with Gasteiger partial charge in [0, 0.05) is 5.56 Å². The van der Waals surface area contributed by atoms with Crippen molar-refractivity contribution < 1.29 is 23.5 Å². The van der Waals surface area contributed by atoms with Crippen LogP contribution in [0.3, 0.4) is 0 Å². The zero-order valence-corrected chi connectivity index (χ0v) is 18.5. The van der Waals surface area contributed by atoms with E-state index in [1.54, 1.807) is 54.6 Å². The van der Waals surface area contributed by atoms with Crippen LogP contribution in [0.2, 0.25) is 5.02 Å². The molecule has 3 aromatic carbocycles. The molecular formula is C24H17ClFNO4S. The quantitative estimate of drug-likeness (QED) is 0.396. The Morgan fingerprint density at radius 1 is 1.03 bits per heavy atom. The first-order valence-corrected chi connectivity index (χ1v) is 10.7. The average Bonchev–Trinajstić information content (AvgIpc) is 3.07. The molecule has 2 amide bonds. The summed E-state index contributed by atoms with van der Waals surface area (Å²) < 4.78 is 25.2. The summed E-state index contributed by atoms with van der Waals surface area (Å²) in [6.45, 7) is -0.101.